The summed E-state index contributed by atoms with van der Waals surface area (Å²) in [5.74, 6) is 0. The Labute approximate surface area is 118 Å². The lowest BCUT2D eigenvalue weighted by molar-refractivity contribution is 0.193. The molecule has 0 aliphatic carbocycles. The van der Waals surface area contributed by atoms with Gasteiger partial charge in [0.15, 0.2) is 0 Å². The molecule has 1 aliphatic heterocycles. The van der Waals surface area contributed by atoms with Gasteiger partial charge in [-0.25, -0.2) is 0 Å². The number of hydrogen-bond donors (Lipinski definition) is 1. The first kappa shape index (κ1) is 16.9. The third kappa shape index (κ3) is 3.48. The van der Waals surface area contributed by atoms with E-state index in [9.17, 15) is 8.42 Å². The first-order chi connectivity index (χ1) is 8.94. The van der Waals surface area contributed by atoms with E-state index < -0.39 is 15.7 Å². The summed E-state index contributed by atoms with van der Waals surface area (Å²) in [7, 11) is -1.71. The zero-order chi connectivity index (χ0) is 14.5. The van der Waals surface area contributed by atoms with Crippen LogP contribution >= 0.6 is 0 Å². The van der Waals surface area contributed by atoms with Crippen molar-refractivity contribution < 1.29 is 8.42 Å². The second-order valence-electron chi connectivity index (χ2n) is 5.42. The number of rotatable bonds is 6. The Kier molecular flexibility index (Phi) is 6.23. The fraction of sp³-hybridized carbons (Fsp3) is 1.00. The van der Waals surface area contributed by atoms with Crippen molar-refractivity contribution >= 4 is 10.2 Å². The van der Waals surface area contributed by atoms with Crippen molar-refractivity contribution in [2.75, 3.05) is 26.7 Å². The molecule has 6 heteroatoms. The van der Waals surface area contributed by atoms with E-state index in [0.717, 1.165) is 38.5 Å². The van der Waals surface area contributed by atoms with Crippen LogP contribution in [0.3, 0.4) is 0 Å². The Morgan fingerprint density at radius 2 is 1.58 bits per heavy atom. The summed E-state index contributed by atoms with van der Waals surface area (Å²) in [5, 5.41) is 0. The minimum atomic E-state index is -3.39. The smallest absolute Gasteiger partial charge is 0.282 e. The molecular formula is C13H29N3O2S. The predicted octanol–water partition coefficient (Wildman–Crippen LogP) is 1.56. The van der Waals surface area contributed by atoms with Crippen LogP contribution in [0, 0.1) is 0 Å². The molecule has 0 amide bonds. The molecule has 1 heterocycles. The molecule has 0 spiro atoms. The molecule has 0 aromatic rings. The number of hydrogen-bond acceptors (Lipinski definition) is 3. The zero-order valence-electron chi connectivity index (χ0n) is 12.6. The number of nitrogens with zero attached hydrogens (tertiary/aromatic N) is 2. The van der Waals surface area contributed by atoms with Gasteiger partial charge in [-0.15, -0.1) is 0 Å². The minimum Gasteiger partial charge on any atom is -0.329 e. The molecule has 2 N–H and O–H groups in total. The van der Waals surface area contributed by atoms with Crippen molar-refractivity contribution in [3.05, 3.63) is 0 Å². The van der Waals surface area contributed by atoms with Crippen molar-refractivity contribution in [2.45, 2.75) is 57.9 Å². The van der Waals surface area contributed by atoms with Crippen LogP contribution < -0.4 is 5.73 Å². The van der Waals surface area contributed by atoms with Crippen LogP contribution in [0.1, 0.15) is 52.4 Å². The van der Waals surface area contributed by atoms with Gasteiger partial charge in [0.25, 0.3) is 10.2 Å². The highest BCUT2D eigenvalue weighted by Crippen LogP contribution is 2.27. The van der Waals surface area contributed by atoms with Crippen molar-refractivity contribution in [3.8, 4) is 0 Å². The van der Waals surface area contributed by atoms with Gasteiger partial charge in [-0.3, -0.25) is 0 Å². The first-order valence-electron chi connectivity index (χ1n) is 7.38. The maximum atomic E-state index is 12.8. The standard InChI is InChI=1S/C13H29N3O2S/c1-4-13(5-2,12-14)15(3)19(17,18)16-10-8-6-7-9-11-16/h4-12,14H2,1-3H3. The molecule has 0 aromatic carbocycles. The fourth-order valence-corrected chi connectivity index (χ4v) is 4.69. The van der Waals surface area contributed by atoms with Crippen molar-refractivity contribution in [1.29, 1.82) is 0 Å². The number of likely N-dealkylation sites (N-methyl/N-ethyl adjacent to an activating group) is 1. The fourth-order valence-electron chi connectivity index (χ4n) is 2.80. The SMILES string of the molecule is CCC(CC)(CN)N(C)S(=O)(=O)N1CCCCCC1. The highest BCUT2D eigenvalue weighted by Gasteiger charge is 2.40. The lowest BCUT2D eigenvalue weighted by Crippen LogP contribution is -2.57. The normalized spacial score (nSPS) is 19.6. The minimum absolute atomic E-state index is 0.365. The third-order valence-corrected chi connectivity index (χ3v) is 6.70. The van der Waals surface area contributed by atoms with E-state index in [1.165, 1.54) is 4.31 Å². The van der Waals surface area contributed by atoms with Crippen LogP contribution in [0.2, 0.25) is 0 Å². The topological polar surface area (TPSA) is 66.6 Å². The third-order valence-electron chi connectivity index (χ3n) is 4.60. The lowest BCUT2D eigenvalue weighted by atomic mass is 9.93. The van der Waals surface area contributed by atoms with Crippen LogP contribution in [-0.2, 0) is 10.2 Å². The van der Waals surface area contributed by atoms with Crippen LogP contribution in [0.4, 0.5) is 0 Å². The van der Waals surface area contributed by atoms with Gasteiger partial charge in [-0.1, -0.05) is 26.7 Å². The molecule has 0 unspecified atom stereocenters. The van der Waals surface area contributed by atoms with E-state index >= 15 is 0 Å². The molecule has 1 rings (SSSR count). The van der Waals surface area contributed by atoms with E-state index in [2.05, 4.69) is 0 Å². The Hall–Kier alpha value is -0.170. The van der Waals surface area contributed by atoms with E-state index in [1.807, 2.05) is 13.8 Å². The summed E-state index contributed by atoms with van der Waals surface area (Å²) in [6.45, 7) is 5.65. The van der Waals surface area contributed by atoms with E-state index in [1.54, 1.807) is 11.4 Å². The monoisotopic (exact) mass is 291 g/mol. The van der Waals surface area contributed by atoms with Gasteiger partial charge in [0.1, 0.15) is 0 Å². The highest BCUT2D eigenvalue weighted by atomic mass is 32.2. The Morgan fingerprint density at radius 3 is 1.95 bits per heavy atom. The zero-order valence-corrected chi connectivity index (χ0v) is 13.4. The van der Waals surface area contributed by atoms with E-state index in [0.29, 0.717) is 19.6 Å². The lowest BCUT2D eigenvalue weighted by Gasteiger charge is -2.41. The van der Waals surface area contributed by atoms with Gasteiger partial charge in [0, 0.05) is 32.2 Å². The molecule has 0 radical (unpaired) electrons. The van der Waals surface area contributed by atoms with Crippen LogP contribution in [-0.4, -0.2) is 49.2 Å². The summed E-state index contributed by atoms with van der Waals surface area (Å²) in [4.78, 5) is 0. The van der Waals surface area contributed by atoms with Gasteiger partial charge in [-0.2, -0.15) is 17.0 Å². The van der Waals surface area contributed by atoms with Gasteiger partial charge >= 0.3 is 0 Å². The summed E-state index contributed by atoms with van der Waals surface area (Å²) in [6.07, 6.45) is 5.65. The summed E-state index contributed by atoms with van der Waals surface area (Å²) in [6, 6.07) is 0. The molecule has 0 atom stereocenters. The molecule has 5 nitrogen and oxygen atoms in total. The summed E-state index contributed by atoms with van der Waals surface area (Å²) >= 11 is 0. The molecular weight excluding hydrogens is 262 g/mol. The molecule has 114 valence electrons. The molecule has 1 aliphatic rings. The second-order valence-corrected chi connectivity index (χ2v) is 7.38. The predicted molar refractivity (Wildman–Crippen MR) is 79.1 cm³/mol. The Morgan fingerprint density at radius 1 is 1.11 bits per heavy atom. The molecule has 0 saturated carbocycles. The molecule has 1 fully saturated rings. The Bertz CT molecular complexity index is 350. The van der Waals surface area contributed by atoms with Crippen molar-refractivity contribution in [1.82, 2.24) is 8.61 Å². The molecule has 0 aromatic heterocycles. The van der Waals surface area contributed by atoms with Crippen molar-refractivity contribution in [2.24, 2.45) is 5.73 Å². The van der Waals surface area contributed by atoms with E-state index in [4.69, 9.17) is 5.73 Å². The van der Waals surface area contributed by atoms with Gasteiger partial charge < -0.3 is 5.73 Å². The maximum Gasteiger partial charge on any atom is 0.282 e. The largest absolute Gasteiger partial charge is 0.329 e. The average Bonchev–Trinajstić information content (AvgIpc) is 2.70. The molecule has 19 heavy (non-hydrogen) atoms. The van der Waals surface area contributed by atoms with Gasteiger partial charge in [0.05, 0.1) is 0 Å². The summed E-state index contributed by atoms with van der Waals surface area (Å²) in [5.41, 5.74) is 5.41. The van der Waals surface area contributed by atoms with Crippen LogP contribution in [0.15, 0.2) is 0 Å². The van der Waals surface area contributed by atoms with Crippen molar-refractivity contribution in [3.63, 3.8) is 0 Å². The second kappa shape index (κ2) is 7.02. The molecule has 1 saturated heterocycles. The van der Waals surface area contributed by atoms with Gasteiger partial charge in [-0.05, 0) is 25.7 Å². The molecule has 0 bridgehead atoms. The quantitative estimate of drug-likeness (QED) is 0.807. The Balaban J connectivity index is 2.96. The summed E-state index contributed by atoms with van der Waals surface area (Å²) < 4.78 is 28.7. The van der Waals surface area contributed by atoms with Crippen LogP contribution in [0.5, 0.6) is 0 Å². The first-order valence-corrected chi connectivity index (χ1v) is 8.78. The van der Waals surface area contributed by atoms with E-state index in [-0.39, 0.29) is 0 Å². The van der Waals surface area contributed by atoms with Crippen LogP contribution in [0.25, 0.3) is 0 Å². The highest BCUT2D eigenvalue weighted by molar-refractivity contribution is 7.86. The average molecular weight is 291 g/mol. The maximum absolute atomic E-state index is 12.8. The number of nitrogens with two attached hydrogens (primary N) is 1. The van der Waals surface area contributed by atoms with Gasteiger partial charge in [0.2, 0.25) is 0 Å².